The summed E-state index contributed by atoms with van der Waals surface area (Å²) in [6.07, 6.45) is 0.920. The third kappa shape index (κ3) is 7.11. The second-order valence-electron chi connectivity index (χ2n) is 10.7. The highest BCUT2D eigenvalue weighted by Gasteiger charge is 2.32. The van der Waals surface area contributed by atoms with Crippen molar-refractivity contribution in [1.82, 2.24) is 30.5 Å². The molecule has 2 aliphatic rings. The fourth-order valence-electron chi connectivity index (χ4n) is 5.49. The summed E-state index contributed by atoms with van der Waals surface area (Å²) in [5.41, 5.74) is 1.75. The van der Waals surface area contributed by atoms with Gasteiger partial charge in [-0.05, 0) is 91.9 Å². The molecule has 0 radical (unpaired) electrons. The van der Waals surface area contributed by atoms with E-state index in [1.807, 2.05) is 18.2 Å². The monoisotopic (exact) mass is 593 g/mol. The van der Waals surface area contributed by atoms with Crippen LogP contribution in [0.4, 0.5) is 18.9 Å². The Morgan fingerprint density at radius 1 is 1.02 bits per heavy atom. The molecule has 2 N–H and O–H groups in total. The average Bonchev–Trinajstić information content (AvgIpc) is 3.72. The maximum Gasteiger partial charge on any atom is 0.416 e. The predicted molar refractivity (Wildman–Crippen MR) is 151 cm³/mol. The van der Waals surface area contributed by atoms with E-state index in [2.05, 4.69) is 35.8 Å². The molecule has 1 aliphatic carbocycles. The maximum absolute atomic E-state index is 13.7. The number of nitrogens with one attached hydrogen (secondary N) is 2. The van der Waals surface area contributed by atoms with Crippen LogP contribution in [0, 0.1) is 5.92 Å². The Bertz CT molecular complexity index is 1570. The van der Waals surface area contributed by atoms with Crippen LogP contribution in [0.5, 0.6) is 17.2 Å². The number of amides is 1. The largest absolute Gasteiger partial charge is 0.492 e. The van der Waals surface area contributed by atoms with Gasteiger partial charge in [0.05, 0.1) is 5.56 Å². The van der Waals surface area contributed by atoms with E-state index in [1.54, 1.807) is 18.3 Å². The minimum absolute atomic E-state index is 0.0639. The van der Waals surface area contributed by atoms with E-state index in [9.17, 15) is 18.0 Å². The number of ether oxygens (including phenoxy) is 2. The first-order valence-corrected chi connectivity index (χ1v) is 14.2. The first kappa shape index (κ1) is 28.6. The number of aromatic amines is 1. The SMILES string of the molecule is O=C(Nc1cc(OCCN2CCCC2)cc(C(F)(F)F)c1)C1CCc2ccc(Oc3ccnc(-c4nn[nH]n4)c3)cc2C1. The average molecular weight is 594 g/mol. The zero-order chi connectivity index (χ0) is 29.8. The molecule has 1 saturated heterocycles. The summed E-state index contributed by atoms with van der Waals surface area (Å²) in [5, 5.41) is 16.5. The lowest BCUT2D eigenvalue weighted by molar-refractivity contribution is -0.137. The summed E-state index contributed by atoms with van der Waals surface area (Å²) in [6.45, 7) is 2.86. The summed E-state index contributed by atoms with van der Waals surface area (Å²) in [4.78, 5) is 19.7. The Labute approximate surface area is 245 Å². The topological polar surface area (TPSA) is 118 Å². The number of nitrogens with zero attached hydrogens (tertiary/aromatic N) is 5. The number of carbonyl (C=O) groups excluding carboxylic acids is 1. The fraction of sp³-hybridized carbons (Fsp3) is 0.367. The lowest BCUT2D eigenvalue weighted by Gasteiger charge is -2.25. The number of rotatable bonds is 9. The van der Waals surface area contributed by atoms with Gasteiger partial charge < -0.3 is 14.8 Å². The van der Waals surface area contributed by atoms with E-state index in [-0.39, 0.29) is 24.0 Å². The molecular formula is C30H30F3N7O3. The lowest BCUT2D eigenvalue weighted by Crippen LogP contribution is -2.28. The van der Waals surface area contributed by atoms with Crippen molar-refractivity contribution in [2.75, 3.05) is 31.6 Å². The van der Waals surface area contributed by atoms with Crippen LogP contribution < -0.4 is 14.8 Å². The second-order valence-corrected chi connectivity index (χ2v) is 10.7. The molecular weight excluding hydrogens is 563 g/mol. The van der Waals surface area contributed by atoms with Crippen LogP contribution >= 0.6 is 0 Å². The second kappa shape index (κ2) is 12.4. The Morgan fingerprint density at radius 2 is 1.86 bits per heavy atom. The molecule has 2 aromatic heterocycles. The van der Waals surface area contributed by atoms with Gasteiger partial charge in [-0.25, -0.2) is 0 Å². The van der Waals surface area contributed by atoms with Crippen LogP contribution in [0.2, 0.25) is 0 Å². The van der Waals surface area contributed by atoms with Crippen molar-refractivity contribution in [3.8, 4) is 28.8 Å². The van der Waals surface area contributed by atoms with E-state index in [1.165, 1.54) is 6.07 Å². The number of pyridine rings is 1. The number of H-pyrrole nitrogens is 1. The Hall–Kier alpha value is -4.52. The van der Waals surface area contributed by atoms with Crippen LogP contribution in [0.25, 0.3) is 11.5 Å². The molecule has 1 fully saturated rings. The number of alkyl halides is 3. The van der Waals surface area contributed by atoms with Crippen LogP contribution in [0.1, 0.15) is 36.0 Å². The number of likely N-dealkylation sites (tertiary alicyclic amines) is 1. The van der Waals surface area contributed by atoms with Gasteiger partial charge in [0.1, 0.15) is 29.5 Å². The lowest BCUT2D eigenvalue weighted by atomic mass is 9.83. The van der Waals surface area contributed by atoms with E-state index in [4.69, 9.17) is 9.47 Å². The Morgan fingerprint density at radius 3 is 2.65 bits per heavy atom. The maximum atomic E-state index is 13.7. The molecule has 3 heterocycles. The molecule has 6 rings (SSSR count). The smallest absolute Gasteiger partial charge is 0.416 e. The normalized spacial score (nSPS) is 17.0. The van der Waals surface area contributed by atoms with Crippen molar-refractivity contribution in [1.29, 1.82) is 0 Å². The van der Waals surface area contributed by atoms with Crippen molar-refractivity contribution in [3.63, 3.8) is 0 Å². The van der Waals surface area contributed by atoms with Crippen molar-refractivity contribution in [3.05, 3.63) is 71.4 Å². The first-order chi connectivity index (χ1) is 20.8. The third-order valence-electron chi connectivity index (χ3n) is 7.69. The standard InChI is InChI=1S/C30H30F3N7O3/c31-30(32,33)22-15-23(17-26(16-22)42-12-11-40-9-1-2-10-40)35-29(41)20-4-3-19-5-6-24(14-21(19)13-20)43-25-7-8-34-27(18-25)28-36-38-39-37-28/h5-8,14-18,20H,1-4,9-13H2,(H,35,41)(H,36,37,38,39). The van der Waals surface area contributed by atoms with Crippen LogP contribution in [0.15, 0.2) is 54.7 Å². The number of benzene rings is 2. The summed E-state index contributed by atoms with van der Waals surface area (Å²) >= 11 is 0. The number of aryl methyl sites for hydroxylation is 1. The van der Waals surface area contributed by atoms with Crippen LogP contribution in [-0.2, 0) is 23.8 Å². The summed E-state index contributed by atoms with van der Waals surface area (Å²) in [6, 6.07) is 12.5. The number of hydrogen-bond donors (Lipinski definition) is 2. The molecule has 2 aromatic carbocycles. The number of anilines is 1. The van der Waals surface area contributed by atoms with Crippen molar-refractivity contribution < 1.29 is 27.4 Å². The predicted octanol–water partition coefficient (Wildman–Crippen LogP) is 5.29. The van der Waals surface area contributed by atoms with Gasteiger partial charge in [0.2, 0.25) is 11.7 Å². The zero-order valence-corrected chi connectivity index (χ0v) is 23.2. The summed E-state index contributed by atoms with van der Waals surface area (Å²) in [7, 11) is 0. The van der Waals surface area contributed by atoms with Gasteiger partial charge in [-0.3, -0.25) is 14.7 Å². The molecule has 0 spiro atoms. The van der Waals surface area contributed by atoms with Crippen LogP contribution in [0.3, 0.4) is 0 Å². The number of aromatic nitrogens is 5. The molecule has 10 nitrogen and oxygen atoms in total. The van der Waals surface area contributed by atoms with Gasteiger partial charge in [0.15, 0.2) is 0 Å². The summed E-state index contributed by atoms with van der Waals surface area (Å²) in [5.74, 6) is 0.785. The summed E-state index contributed by atoms with van der Waals surface area (Å²) < 4.78 is 52.7. The molecule has 43 heavy (non-hydrogen) atoms. The highest BCUT2D eigenvalue weighted by molar-refractivity contribution is 5.93. The van der Waals surface area contributed by atoms with Crippen molar-refractivity contribution in [2.24, 2.45) is 5.92 Å². The number of carbonyl (C=O) groups is 1. The Balaban J connectivity index is 1.12. The molecule has 1 amide bonds. The Kier molecular flexibility index (Phi) is 8.23. The van der Waals surface area contributed by atoms with Gasteiger partial charge in [-0.15, -0.1) is 10.2 Å². The molecule has 1 atom stereocenters. The molecule has 4 aromatic rings. The molecule has 1 aliphatic heterocycles. The molecule has 224 valence electrons. The van der Waals surface area contributed by atoms with E-state index < -0.39 is 17.7 Å². The number of tetrazole rings is 1. The molecule has 0 bridgehead atoms. The fourth-order valence-corrected chi connectivity index (χ4v) is 5.49. The quantitative estimate of drug-likeness (QED) is 0.269. The van der Waals surface area contributed by atoms with E-state index in [0.717, 1.165) is 49.2 Å². The number of halogens is 3. The van der Waals surface area contributed by atoms with E-state index >= 15 is 0 Å². The highest BCUT2D eigenvalue weighted by Crippen LogP contribution is 2.36. The minimum Gasteiger partial charge on any atom is -0.492 e. The van der Waals surface area contributed by atoms with Gasteiger partial charge in [-0.1, -0.05) is 6.07 Å². The van der Waals surface area contributed by atoms with Gasteiger partial charge in [0.25, 0.3) is 0 Å². The van der Waals surface area contributed by atoms with Crippen molar-refractivity contribution in [2.45, 2.75) is 38.3 Å². The zero-order valence-electron chi connectivity index (χ0n) is 23.2. The van der Waals surface area contributed by atoms with E-state index in [0.29, 0.717) is 48.8 Å². The van der Waals surface area contributed by atoms with Gasteiger partial charge in [0, 0.05) is 36.5 Å². The molecule has 13 heteroatoms. The van der Waals surface area contributed by atoms with Crippen LogP contribution in [-0.4, -0.2) is 62.7 Å². The minimum atomic E-state index is -4.57. The molecule has 1 unspecified atom stereocenters. The number of fused-ring (bicyclic) bond motifs is 1. The third-order valence-corrected chi connectivity index (χ3v) is 7.69. The first-order valence-electron chi connectivity index (χ1n) is 14.2. The van der Waals surface area contributed by atoms with Gasteiger partial charge >= 0.3 is 6.18 Å². The van der Waals surface area contributed by atoms with Gasteiger partial charge in [-0.2, -0.15) is 18.4 Å². The number of hydrogen-bond acceptors (Lipinski definition) is 8. The molecule has 0 saturated carbocycles. The highest BCUT2D eigenvalue weighted by atomic mass is 19.4. The van der Waals surface area contributed by atoms with Crippen molar-refractivity contribution >= 4 is 11.6 Å².